The van der Waals surface area contributed by atoms with Crippen molar-refractivity contribution in [1.82, 2.24) is 9.03 Å². The molecule has 0 heterocycles. The van der Waals surface area contributed by atoms with Crippen molar-refractivity contribution in [1.29, 1.82) is 0 Å². The van der Waals surface area contributed by atoms with Crippen molar-refractivity contribution in [2.24, 2.45) is 4.99 Å². The van der Waals surface area contributed by atoms with Gasteiger partial charge in [-0.15, -0.1) is 0 Å². The Labute approximate surface area is 137 Å². The molecule has 124 valence electrons. The van der Waals surface area contributed by atoms with Crippen LogP contribution in [0.2, 0.25) is 0 Å². The van der Waals surface area contributed by atoms with Gasteiger partial charge in [0.2, 0.25) is 0 Å². The highest BCUT2D eigenvalue weighted by Gasteiger charge is 2.14. The van der Waals surface area contributed by atoms with E-state index in [4.69, 9.17) is 4.74 Å². The molecule has 7 heteroatoms. The molecule has 0 bridgehead atoms. The fourth-order valence-corrected chi connectivity index (χ4v) is 2.73. The summed E-state index contributed by atoms with van der Waals surface area (Å²) in [5.74, 6) is 0. The van der Waals surface area contributed by atoms with E-state index in [1.54, 1.807) is 3.71 Å². The number of unbranched alkanes of at least 4 members (excludes halogenated alkanes) is 5. The topological polar surface area (TPSA) is 53.9 Å². The molecule has 2 amide bonds. The van der Waals surface area contributed by atoms with Crippen LogP contribution in [-0.2, 0) is 4.74 Å². The van der Waals surface area contributed by atoms with Crippen molar-refractivity contribution in [3.8, 4) is 0 Å². The lowest BCUT2D eigenvalue weighted by molar-refractivity contribution is 0.237. The second-order valence-electron chi connectivity index (χ2n) is 4.44. The van der Waals surface area contributed by atoms with Gasteiger partial charge in [0.05, 0.1) is 6.61 Å². The largest absolute Gasteiger partial charge is 0.465 e. The maximum atomic E-state index is 11.9. The number of hydrogen-bond acceptors (Lipinski definition) is 5. The molecule has 5 nitrogen and oxygen atoms in total. The molecular formula is C14H29N3O2S2. The summed E-state index contributed by atoms with van der Waals surface area (Å²) in [6.07, 6.45) is 11.0. The maximum Gasteiger partial charge on any atom is 0.345 e. The monoisotopic (exact) mass is 335 g/mol. The predicted molar refractivity (Wildman–Crippen MR) is 94.7 cm³/mol. The average Bonchev–Trinajstić information content (AvgIpc) is 2.47. The van der Waals surface area contributed by atoms with E-state index in [1.807, 2.05) is 19.4 Å². The number of rotatable bonds is 10. The zero-order valence-electron chi connectivity index (χ0n) is 13.7. The first-order valence-electron chi connectivity index (χ1n) is 7.56. The summed E-state index contributed by atoms with van der Waals surface area (Å²) >= 11 is 2.70. The second kappa shape index (κ2) is 14.4. The highest BCUT2D eigenvalue weighted by molar-refractivity contribution is 8.12. The SMILES string of the molecule is CCCCCCCCN=C(NC(=O)N(SC)SC)OCC. The van der Waals surface area contributed by atoms with Crippen molar-refractivity contribution >= 4 is 35.9 Å². The van der Waals surface area contributed by atoms with Crippen LogP contribution in [0.25, 0.3) is 0 Å². The maximum absolute atomic E-state index is 11.9. The van der Waals surface area contributed by atoms with Crippen LogP contribution in [0.3, 0.4) is 0 Å². The van der Waals surface area contributed by atoms with E-state index >= 15 is 0 Å². The molecule has 0 saturated carbocycles. The van der Waals surface area contributed by atoms with E-state index in [9.17, 15) is 4.79 Å². The van der Waals surface area contributed by atoms with Gasteiger partial charge >= 0.3 is 6.03 Å². The van der Waals surface area contributed by atoms with Crippen molar-refractivity contribution in [2.45, 2.75) is 52.4 Å². The minimum atomic E-state index is -0.217. The Morgan fingerprint density at radius 2 is 1.71 bits per heavy atom. The Kier molecular flexibility index (Phi) is 14.0. The minimum Gasteiger partial charge on any atom is -0.465 e. The molecule has 0 atom stereocenters. The first-order valence-corrected chi connectivity index (χ1v) is 9.92. The molecule has 1 N–H and O–H groups in total. The Bertz CT molecular complexity index is 298. The number of nitrogens with zero attached hydrogens (tertiary/aromatic N) is 2. The number of carbonyl (C=O) groups excluding carboxylic acids is 1. The van der Waals surface area contributed by atoms with E-state index in [0.717, 1.165) is 6.42 Å². The number of urea groups is 1. The lowest BCUT2D eigenvalue weighted by Gasteiger charge is -2.17. The molecule has 0 spiro atoms. The highest BCUT2D eigenvalue weighted by atomic mass is 32.2. The number of amides is 2. The van der Waals surface area contributed by atoms with E-state index in [2.05, 4.69) is 17.2 Å². The third kappa shape index (κ3) is 10.8. The smallest absolute Gasteiger partial charge is 0.345 e. The van der Waals surface area contributed by atoms with Gasteiger partial charge in [-0.1, -0.05) is 39.0 Å². The molecular weight excluding hydrogens is 306 g/mol. The summed E-state index contributed by atoms with van der Waals surface area (Å²) in [5, 5.41) is 2.70. The number of carbonyl (C=O) groups is 1. The van der Waals surface area contributed by atoms with E-state index in [1.165, 1.54) is 56.0 Å². The van der Waals surface area contributed by atoms with Crippen LogP contribution in [0.1, 0.15) is 52.4 Å². The van der Waals surface area contributed by atoms with Crippen LogP contribution in [0.4, 0.5) is 4.79 Å². The highest BCUT2D eigenvalue weighted by Crippen LogP contribution is 2.15. The van der Waals surface area contributed by atoms with E-state index < -0.39 is 0 Å². The molecule has 0 rings (SSSR count). The van der Waals surface area contributed by atoms with Crippen LogP contribution < -0.4 is 5.32 Å². The van der Waals surface area contributed by atoms with Gasteiger partial charge in [0.1, 0.15) is 0 Å². The van der Waals surface area contributed by atoms with Gasteiger partial charge in [0, 0.05) is 19.1 Å². The Morgan fingerprint density at radius 1 is 1.10 bits per heavy atom. The zero-order chi connectivity index (χ0) is 15.9. The lowest BCUT2D eigenvalue weighted by atomic mass is 10.1. The number of aliphatic imine (C=N–C) groups is 1. The summed E-state index contributed by atoms with van der Waals surface area (Å²) < 4.78 is 6.91. The summed E-state index contributed by atoms with van der Waals surface area (Å²) in [7, 11) is 0. The molecule has 0 aromatic rings. The van der Waals surface area contributed by atoms with Crippen molar-refractivity contribution in [3.63, 3.8) is 0 Å². The minimum absolute atomic E-state index is 0.217. The quantitative estimate of drug-likeness (QED) is 0.280. The van der Waals surface area contributed by atoms with Crippen LogP contribution in [-0.4, -0.2) is 41.4 Å². The van der Waals surface area contributed by atoms with E-state index in [-0.39, 0.29) is 6.03 Å². The van der Waals surface area contributed by atoms with Gasteiger partial charge in [0.25, 0.3) is 6.02 Å². The van der Waals surface area contributed by atoms with Crippen LogP contribution >= 0.6 is 23.9 Å². The van der Waals surface area contributed by atoms with Gasteiger partial charge in [-0.3, -0.25) is 5.32 Å². The Hall–Kier alpha value is -0.560. The average molecular weight is 336 g/mol. The molecule has 0 fully saturated rings. The van der Waals surface area contributed by atoms with Gasteiger partial charge in [-0.05, 0) is 37.2 Å². The summed E-state index contributed by atoms with van der Waals surface area (Å²) in [5.41, 5.74) is 0. The van der Waals surface area contributed by atoms with Crippen LogP contribution in [0, 0.1) is 0 Å². The van der Waals surface area contributed by atoms with Crippen molar-refractivity contribution < 1.29 is 9.53 Å². The summed E-state index contributed by atoms with van der Waals surface area (Å²) in [4.78, 5) is 16.2. The first-order chi connectivity index (χ1) is 10.2. The zero-order valence-corrected chi connectivity index (χ0v) is 15.3. The summed E-state index contributed by atoms with van der Waals surface area (Å²) in [6, 6.07) is 0.106. The molecule has 21 heavy (non-hydrogen) atoms. The fraction of sp³-hybridized carbons (Fsp3) is 0.857. The van der Waals surface area contributed by atoms with Crippen molar-refractivity contribution in [2.75, 3.05) is 25.7 Å². The van der Waals surface area contributed by atoms with Gasteiger partial charge in [-0.25, -0.2) is 13.5 Å². The molecule has 0 unspecified atom stereocenters. The molecule has 0 aliphatic heterocycles. The molecule has 0 aliphatic rings. The van der Waals surface area contributed by atoms with Crippen molar-refractivity contribution in [3.05, 3.63) is 0 Å². The molecule has 0 aromatic carbocycles. The normalized spacial score (nSPS) is 11.3. The molecule has 0 aliphatic carbocycles. The fourth-order valence-electron chi connectivity index (χ4n) is 1.71. The summed E-state index contributed by atoms with van der Waals surface area (Å²) in [6.45, 7) is 5.29. The number of ether oxygens (including phenoxy) is 1. The predicted octanol–water partition coefficient (Wildman–Crippen LogP) is 4.31. The molecule has 0 radical (unpaired) electrons. The third-order valence-corrected chi connectivity index (χ3v) is 4.65. The Morgan fingerprint density at radius 3 is 2.29 bits per heavy atom. The third-order valence-electron chi connectivity index (χ3n) is 2.76. The van der Waals surface area contributed by atoms with Gasteiger partial charge < -0.3 is 4.74 Å². The van der Waals surface area contributed by atoms with Gasteiger partial charge in [-0.2, -0.15) is 0 Å². The standard InChI is InChI=1S/C14H29N3O2S2/c1-5-7-8-9-10-11-12-15-13(19-6-2)16-14(18)17(20-3)21-4/h5-12H2,1-4H3,(H,15,16,18). The molecule has 0 saturated heterocycles. The Balaban J connectivity index is 4.09. The second-order valence-corrected chi connectivity index (χ2v) is 6.13. The van der Waals surface area contributed by atoms with E-state index in [0.29, 0.717) is 19.2 Å². The van der Waals surface area contributed by atoms with Crippen LogP contribution in [0.15, 0.2) is 4.99 Å². The van der Waals surface area contributed by atoms with Crippen LogP contribution in [0.5, 0.6) is 0 Å². The number of hydrogen-bond donors (Lipinski definition) is 1. The lowest BCUT2D eigenvalue weighted by Crippen LogP contribution is -2.37. The first kappa shape index (κ1) is 20.4. The molecule has 0 aromatic heterocycles. The number of nitrogens with one attached hydrogen (secondary N) is 1. The van der Waals surface area contributed by atoms with Gasteiger partial charge in [0.15, 0.2) is 0 Å². The number of amidine groups is 1.